The Balaban J connectivity index is 2.35. The van der Waals surface area contributed by atoms with E-state index in [1.165, 1.54) is 11.3 Å². The van der Waals surface area contributed by atoms with Crippen LogP contribution < -0.4 is 5.73 Å². The van der Waals surface area contributed by atoms with Crippen LogP contribution in [0.2, 0.25) is 0 Å². The molecule has 0 bridgehead atoms. The van der Waals surface area contributed by atoms with Crippen LogP contribution >= 0.6 is 0 Å². The molecular formula is C13H17N3. The van der Waals surface area contributed by atoms with Gasteiger partial charge in [-0.1, -0.05) is 30.3 Å². The fourth-order valence-corrected chi connectivity index (χ4v) is 2.06. The maximum absolute atomic E-state index is 5.69. The van der Waals surface area contributed by atoms with Crippen LogP contribution in [0.25, 0.3) is 0 Å². The minimum absolute atomic E-state index is 0.346. The van der Waals surface area contributed by atoms with Gasteiger partial charge in [-0.15, -0.1) is 0 Å². The first-order valence-electron chi connectivity index (χ1n) is 5.56. The molecule has 2 N–H and O–H groups in total. The van der Waals surface area contributed by atoms with Crippen molar-refractivity contribution in [2.75, 3.05) is 6.54 Å². The fraction of sp³-hybridized carbons (Fsp3) is 0.308. The first kappa shape index (κ1) is 10.9. The Labute approximate surface area is 95.9 Å². The van der Waals surface area contributed by atoms with Crippen molar-refractivity contribution in [3.05, 3.63) is 53.9 Å². The van der Waals surface area contributed by atoms with Crippen molar-refractivity contribution < 1.29 is 0 Å². The molecule has 84 valence electrons. The molecule has 2 aromatic rings. The average Bonchev–Trinajstić information content (AvgIpc) is 2.73. The van der Waals surface area contributed by atoms with E-state index in [2.05, 4.69) is 35.4 Å². The van der Waals surface area contributed by atoms with Crippen LogP contribution in [0.15, 0.2) is 42.6 Å². The summed E-state index contributed by atoms with van der Waals surface area (Å²) in [5, 5.41) is 4.22. The van der Waals surface area contributed by atoms with Gasteiger partial charge in [-0.05, 0) is 24.6 Å². The zero-order valence-corrected chi connectivity index (χ0v) is 9.50. The molecule has 16 heavy (non-hydrogen) atoms. The average molecular weight is 215 g/mol. The molecule has 3 nitrogen and oxygen atoms in total. The molecule has 0 amide bonds. The van der Waals surface area contributed by atoms with Gasteiger partial charge in [0.15, 0.2) is 0 Å². The summed E-state index contributed by atoms with van der Waals surface area (Å²) in [5.41, 5.74) is 8.21. The third-order valence-electron chi connectivity index (χ3n) is 2.87. The Morgan fingerprint density at radius 1 is 1.25 bits per heavy atom. The molecule has 3 heteroatoms. The first-order chi connectivity index (χ1) is 7.83. The van der Waals surface area contributed by atoms with Gasteiger partial charge in [0.2, 0.25) is 0 Å². The normalized spacial score (nSPS) is 12.6. The van der Waals surface area contributed by atoms with Gasteiger partial charge in [0.25, 0.3) is 0 Å². The predicted molar refractivity (Wildman–Crippen MR) is 65.2 cm³/mol. The molecule has 1 aromatic carbocycles. The van der Waals surface area contributed by atoms with Crippen LogP contribution in [0.3, 0.4) is 0 Å². The molecule has 2 rings (SSSR count). The van der Waals surface area contributed by atoms with Crippen molar-refractivity contribution in [3.8, 4) is 0 Å². The molecule has 0 radical (unpaired) electrons. The molecule has 0 fully saturated rings. The number of hydrogen-bond donors (Lipinski definition) is 1. The smallest absolute Gasteiger partial charge is 0.0492 e. The van der Waals surface area contributed by atoms with E-state index in [0.29, 0.717) is 12.5 Å². The summed E-state index contributed by atoms with van der Waals surface area (Å²) in [6.45, 7) is 0.685. The van der Waals surface area contributed by atoms with E-state index in [9.17, 15) is 0 Å². The lowest BCUT2D eigenvalue weighted by atomic mass is 9.92. The number of rotatable bonds is 4. The lowest BCUT2D eigenvalue weighted by molar-refractivity contribution is 0.631. The fourth-order valence-electron chi connectivity index (χ4n) is 2.06. The number of benzene rings is 1. The van der Waals surface area contributed by atoms with Crippen molar-refractivity contribution in [2.45, 2.75) is 12.3 Å². The number of nitrogens with zero attached hydrogens (tertiary/aromatic N) is 2. The Morgan fingerprint density at radius 2 is 2.00 bits per heavy atom. The monoisotopic (exact) mass is 215 g/mol. The molecule has 0 saturated heterocycles. The standard InChI is InChI=1S/C13H17N3/c1-16-13(8-10-15-16)12(7-9-14)11-5-3-2-4-6-11/h2-6,8,10,12H,7,9,14H2,1H3. The van der Waals surface area contributed by atoms with E-state index >= 15 is 0 Å². The van der Waals surface area contributed by atoms with Gasteiger partial charge in [-0.25, -0.2) is 0 Å². The largest absolute Gasteiger partial charge is 0.330 e. The van der Waals surface area contributed by atoms with E-state index in [-0.39, 0.29) is 0 Å². The van der Waals surface area contributed by atoms with Crippen LogP contribution in [-0.2, 0) is 7.05 Å². The predicted octanol–water partition coefficient (Wildman–Crippen LogP) is 1.90. The molecule has 0 aliphatic rings. The highest BCUT2D eigenvalue weighted by molar-refractivity contribution is 5.28. The molecule has 1 atom stereocenters. The van der Waals surface area contributed by atoms with Crippen LogP contribution in [0, 0.1) is 0 Å². The molecule has 1 unspecified atom stereocenters. The lowest BCUT2D eigenvalue weighted by Gasteiger charge is -2.16. The minimum atomic E-state index is 0.346. The SMILES string of the molecule is Cn1nccc1C(CCN)c1ccccc1. The Kier molecular flexibility index (Phi) is 3.37. The maximum atomic E-state index is 5.69. The van der Waals surface area contributed by atoms with Gasteiger partial charge in [-0.3, -0.25) is 4.68 Å². The highest BCUT2D eigenvalue weighted by Crippen LogP contribution is 2.26. The number of nitrogens with two attached hydrogens (primary N) is 1. The highest BCUT2D eigenvalue weighted by atomic mass is 15.3. The number of aryl methyl sites for hydroxylation is 1. The van der Waals surface area contributed by atoms with Gasteiger partial charge in [-0.2, -0.15) is 5.10 Å². The Bertz CT molecular complexity index is 433. The Hall–Kier alpha value is -1.61. The lowest BCUT2D eigenvalue weighted by Crippen LogP contribution is -2.12. The molecule has 1 aromatic heterocycles. The van der Waals surface area contributed by atoms with Crippen LogP contribution in [0.5, 0.6) is 0 Å². The summed E-state index contributed by atoms with van der Waals surface area (Å²) in [5.74, 6) is 0.346. The summed E-state index contributed by atoms with van der Waals surface area (Å²) in [4.78, 5) is 0. The van der Waals surface area contributed by atoms with Crippen molar-refractivity contribution >= 4 is 0 Å². The van der Waals surface area contributed by atoms with E-state index in [0.717, 1.165) is 6.42 Å². The van der Waals surface area contributed by atoms with E-state index < -0.39 is 0 Å². The summed E-state index contributed by atoms with van der Waals surface area (Å²) in [6.07, 6.45) is 2.78. The molecule has 1 heterocycles. The van der Waals surface area contributed by atoms with Gasteiger partial charge in [0.05, 0.1) is 0 Å². The van der Waals surface area contributed by atoms with Gasteiger partial charge in [0.1, 0.15) is 0 Å². The quantitative estimate of drug-likeness (QED) is 0.846. The van der Waals surface area contributed by atoms with Crippen molar-refractivity contribution in [3.63, 3.8) is 0 Å². The van der Waals surface area contributed by atoms with Gasteiger partial charge >= 0.3 is 0 Å². The summed E-state index contributed by atoms with van der Waals surface area (Å²) in [6, 6.07) is 12.5. The Morgan fingerprint density at radius 3 is 2.56 bits per heavy atom. The van der Waals surface area contributed by atoms with E-state index in [1.807, 2.05) is 24.0 Å². The van der Waals surface area contributed by atoms with Crippen LogP contribution in [0.4, 0.5) is 0 Å². The second-order valence-corrected chi connectivity index (χ2v) is 3.92. The second-order valence-electron chi connectivity index (χ2n) is 3.92. The second kappa shape index (κ2) is 4.94. The van der Waals surface area contributed by atoms with Crippen molar-refractivity contribution in [1.82, 2.24) is 9.78 Å². The summed E-state index contributed by atoms with van der Waals surface area (Å²) >= 11 is 0. The number of aromatic nitrogens is 2. The summed E-state index contributed by atoms with van der Waals surface area (Å²) in [7, 11) is 1.97. The summed E-state index contributed by atoms with van der Waals surface area (Å²) < 4.78 is 1.92. The third-order valence-corrected chi connectivity index (χ3v) is 2.87. The van der Waals surface area contributed by atoms with Gasteiger partial charge in [0, 0.05) is 24.9 Å². The molecule has 0 spiro atoms. The zero-order valence-electron chi connectivity index (χ0n) is 9.50. The van der Waals surface area contributed by atoms with Crippen molar-refractivity contribution in [1.29, 1.82) is 0 Å². The first-order valence-corrected chi connectivity index (χ1v) is 5.56. The van der Waals surface area contributed by atoms with Crippen molar-refractivity contribution in [2.24, 2.45) is 12.8 Å². The highest BCUT2D eigenvalue weighted by Gasteiger charge is 2.15. The maximum Gasteiger partial charge on any atom is 0.0492 e. The van der Waals surface area contributed by atoms with E-state index in [4.69, 9.17) is 5.73 Å². The molecule has 0 aliphatic carbocycles. The van der Waals surface area contributed by atoms with Gasteiger partial charge < -0.3 is 5.73 Å². The third kappa shape index (κ3) is 2.14. The van der Waals surface area contributed by atoms with E-state index in [1.54, 1.807) is 0 Å². The van der Waals surface area contributed by atoms with Crippen LogP contribution in [-0.4, -0.2) is 16.3 Å². The van der Waals surface area contributed by atoms with Crippen LogP contribution in [0.1, 0.15) is 23.6 Å². The minimum Gasteiger partial charge on any atom is -0.330 e. The zero-order chi connectivity index (χ0) is 11.4. The topological polar surface area (TPSA) is 43.8 Å². The molecule has 0 aliphatic heterocycles. The molecule has 0 saturated carbocycles. The number of hydrogen-bond acceptors (Lipinski definition) is 2. The molecular weight excluding hydrogens is 198 g/mol.